The van der Waals surface area contributed by atoms with E-state index in [2.05, 4.69) is 80.4 Å². The minimum absolute atomic E-state index is 1.02. The Morgan fingerprint density at radius 1 is 0.842 bits per heavy atom. The van der Waals surface area contributed by atoms with E-state index in [4.69, 9.17) is 0 Å². The third kappa shape index (κ3) is 2.24. The first kappa shape index (κ1) is 12.9. The van der Waals surface area contributed by atoms with Crippen molar-refractivity contribution in [3.05, 3.63) is 68.6 Å². The van der Waals surface area contributed by atoms with Crippen molar-refractivity contribution in [3.8, 4) is 11.1 Å². The van der Waals surface area contributed by atoms with Crippen LogP contribution < -0.4 is 0 Å². The molecular formula is C17H12Br2. The van der Waals surface area contributed by atoms with Crippen LogP contribution in [0.5, 0.6) is 0 Å². The Morgan fingerprint density at radius 2 is 1.63 bits per heavy atom. The van der Waals surface area contributed by atoms with Gasteiger partial charge in [-0.05, 0) is 61.9 Å². The quantitative estimate of drug-likeness (QED) is 0.516. The van der Waals surface area contributed by atoms with Gasteiger partial charge >= 0.3 is 0 Å². The number of benzene rings is 2. The number of rotatable bonds is 2. The fourth-order valence-electron chi connectivity index (χ4n) is 2.73. The van der Waals surface area contributed by atoms with Gasteiger partial charge in [-0.15, -0.1) is 0 Å². The Labute approximate surface area is 130 Å². The summed E-state index contributed by atoms with van der Waals surface area (Å²) in [5.41, 5.74) is 8.10. The van der Waals surface area contributed by atoms with Gasteiger partial charge in [0.05, 0.1) is 0 Å². The Balaban J connectivity index is 2.24. The monoisotopic (exact) mass is 374 g/mol. The molecule has 0 heterocycles. The molecule has 0 saturated heterocycles. The second kappa shape index (κ2) is 5.48. The lowest BCUT2D eigenvalue weighted by molar-refractivity contribution is 1.25. The van der Waals surface area contributed by atoms with Crippen molar-refractivity contribution in [3.63, 3.8) is 0 Å². The lowest BCUT2D eigenvalue weighted by Crippen LogP contribution is -1.90. The predicted octanol–water partition coefficient (Wildman–Crippen LogP) is 5.99. The minimum Gasteiger partial charge on any atom is -0.0619 e. The summed E-state index contributed by atoms with van der Waals surface area (Å²) in [4.78, 5) is 3.83. The van der Waals surface area contributed by atoms with E-state index in [1.54, 1.807) is 0 Å². The zero-order chi connectivity index (χ0) is 13.2. The van der Waals surface area contributed by atoms with Crippen LogP contribution in [0.25, 0.3) is 23.3 Å². The van der Waals surface area contributed by atoms with Crippen molar-refractivity contribution in [2.45, 2.75) is 6.42 Å². The first-order valence-corrected chi connectivity index (χ1v) is 7.96. The van der Waals surface area contributed by atoms with E-state index < -0.39 is 0 Å². The van der Waals surface area contributed by atoms with E-state index in [1.165, 1.54) is 33.4 Å². The largest absolute Gasteiger partial charge is 0.0619 e. The molecule has 0 radical (unpaired) electrons. The normalized spacial score (nSPS) is 13.2. The summed E-state index contributed by atoms with van der Waals surface area (Å²) in [6.45, 7) is 0. The second-order valence-corrected chi connectivity index (χ2v) is 5.57. The molecule has 2 aromatic rings. The van der Waals surface area contributed by atoms with Gasteiger partial charge in [0.15, 0.2) is 0 Å². The van der Waals surface area contributed by atoms with Crippen LogP contribution in [0, 0.1) is 0 Å². The molecular weight excluding hydrogens is 364 g/mol. The minimum atomic E-state index is 1.02. The maximum Gasteiger partial charge on any atom is -0.000728 e. The van der Waals surface area contributed by atoms with Crippen LogP contribution in [-0.2, 0) is 6.42 Å². The molecule has 0 aliphatic heterocycles. The maximum atomic E-state index is 3.40. The lowest BCUT2D eigenvalue weighted by atomic mass is 9.96. The predicted molar refractivity (Wildman–Crippen MR) is 90.6 cm³/mol. The fraction of sp³-hybridized carbons (Fsp3) is 0.0588. The van der Waals surface area contributed by atoms with Crippen LogP contribution in [0.2, 0.25) is 0 Å². The molecule has 0 amide bonds. The van der Waals surface area contributed by atoms with Crippen LogP contribution in [0.15, 0.2) is 46.4 Å². The average molecular weight is 376 g/mol. The van der Waals surface area contributed by atoms with Crippen LogP contribution in [0.3, 0.4) is 0 Å². The third-order valence-electron chi connectivity index (χ3n) is 3.54. The van der Waals surface area contributed by atoms with Gasteiger partial charge in [-0.2, -0.15) is 0 Å². The smallest absolute Gasteiger partial charge is 0.000728 e. The van der Waals surface area contributed by atoms with Gasteiger partial charge in [0, 0.05) is 0 Å². The summed E-state index contributed by atoms with van der Waals surface area (Å²) >= 11 is 6.76. The molecule has 0 bridgehead atoms. The van der Waals surface area contributed by atoms with E-state index in [9.17, 15) is 0 Å². The SMILES string of the molecule is Br/C=C\c1ccc2c(c1/C=C\Br)Cc1ccccc1-2. The van der Waals surface area contributed by atoms with E-state index in [0.29, 0.717) is 0 Å². The standard InChI is InChI=1S/C17H12Br2/c18-9-7-12-5-6-16-14-4-2-1-3-13(14)11-17(16)15(12)8-10-19/h1-10H,11H2/b9-7-,10-8-. The second-order valence-electron chi connectivity index (χ2n) is 4.51. The van der Waals surface area contributed by atoms with Crippen LogP contribution >= 0.6 is 31.9 Å². The third-order valence-corrected chi connectivity index (χ3v) is 4.07. The molecule has 3 rings (SSSR count). The molecule has 1 aliphatic rings. The molecule has 0 N–H and O–H groups in total. The van der Waals surface area contributed by atoms with Gasteiger partial charge < -0.3 is 0 Å². The van der Waals surface area contributed by atoms with Crippen molar-refractivity contribution in [2.24, 2.45) is 0 Å². The zero-order valence-corrected chi connectivity index (χ0v) is 13.4. The van der Waals surface area contributed by atoms with Gasteiger partial charge in [0.25, 0.3) is 0 Å². The highest BCUT2D eigenvalue weighted by molar-refractivity contribution is 9.11. The Bertz CT molecular complexity index is 682. The van der Waals surface area contributed by atoms with E-state index in [-0.39, 0.29) is 0 Å². The topological polar surface area (TPSA) is 0 Å². The molecule has 19 heavy (non-hydrogen) atoms. The Kier molecular flexibility index (Phi) is 3.72. The van der Waals surface area contributed by atoms with E-state index >= 15 is 0 Å². The van der Waals surface area contributed by atoms with Crippen molar-refractivity contribution in [2.75, 3.05) is 0 Å². The first-order valence-electron chi connectivity index (χ1n) is 6.13. The van der Waals surface area contributed by atoms with Gasteiger partial charge in [-0.3, -0.25) is 0 Å². The molecule has 0 atom stereocenters. The van der Waals surface area contributed by atoms with Crippen LogP contribution in [0.4, 0.5) is 0 Å². The van der Waals surface area contributed by atoms with Gasteiger partial charge in [-0.25, -0.2) is 0 Å². The van der Waals surface area contributed by atoms with Crippen molar-refractivity contribution >= 4 is 44.0 Å². The molecule has 2 heteroatoms. The molecule has 0 aromatic heterocycles. The van der Waals surface area contributed by atoms with Crippen molar-refractivity contribution in [1.82, 2.24) is 0 Å². The number of halogens is 2. The number of hydrogen-bond donors (Lipinski definition) is 0. The number of hydrogen-bond acceptors (Lipinski definition) is 0. The molecule has 0 fully saturated rings. The van der Waals surface area contributed by atoms with Gasteiger partial charge in [0.1, 0.15) is 0 Å². The highest BCUT2D eigenvalue weighted by Gasteiger charge is 2.20. The zero-order valence-electron chi connectivity index (χ0n) is 10.2. The van der Waals surface area contributed by atoms with Crippen molar-refractivity contribution < 1.29 is 0 Å². The highest BCUT2D eigenvalue weighted by atomic mass is 79.9. The summed E-state index contributed by atoms with van der Waals surface area (Å²) in [6, 6.07) is 13.1. The Morgan fingerprint density at radius 3 is 2.42 bits per heavy atom. The lowest BCUT2D eigenvalue weighted by Gasteiger charge is -2.08. The summed E-state index contributed by atoms with van der Waals surface area (Å²) in [7, 11) is 0. The molecule has 0 nitrogen and oxygen atoms in total. The van der Waals surface area contributed by atoms with Crippen LogP contribution in [0.1, 0.15) is 22.3 Å². The van der Waals surface area contributed by atoms with Crippen LogP contribution in [-0.4, -0.2) is 0 Å². The molecule has 0 unspecified atom stereocenters. The number of fused-ring (bicyclic) bond motifs is 3. The molecule has 1 aliphatic carbocycles. The van der Waals surface area contributed by atoms with E-state index in [1.807, 2.05) is 9.97 Å². The highest BCUT2D eigenvalue weighted by Crippen LogP contribution is 2.40. The van der Waals surface area contributed by atoms with E-state index in [0.717, 1.165) is 6.42 Å². The summed E-state index contributed by atoms with van der Waals surface area (Å²) < 4.78 is 0. The summed E-state index contributed by atoms with van der Waals surface area (Å²) in [6.07, 6.45) is 5.24. The molecule has 0 spiro atoms. The Hall–Kier alpha value is -1.12. The van der Waals surface area contributed by atoms with Gasteiger partial charge in [-0.1, -0.05) is 68.3 Å². The molecule has 0 saturated carbocycles. The van der Waals surface area contributed by atoms with Crippen molar-refractivity contribution in [1.29, 1.82) is 0 Å². The molecule has 94 valence electrons. The summed E-state index contributed by atoms with van der Waals surface area (Å²) in [5, 5.41) is 0. The fourth-order valence-corrected chi connectivity index (χ4v) is 3.28. The first-order chi connectivity index (χ1) is 9.35. The summed E-state index contributed by atoms with van der Waals surface area (Å²) in [5.74, 6) is 0. The average Bonchev–Trinajstić information content (AvgIpc) is 2.81. The molecule has 2 aromatic carbocycles. The maximum absolute atomic E-state index is 3.40. The van der Waals surface area contributed by atoms with Gasteiger partial charge in [0.2, 0.25) is 0 Å².